The second-order valence-electron chi connectivity index (χ2n) is 7.21. The summed E-state index contributed by atoms with van der Waals surface area (Å²) in [7, 11) is 0. The number of aliphatic carboxylic acids is 1. The molecular formula is C20H28N2O7. The first kappa shape index (κ1) is 24.2. The van der Waals surface area contributed by atoms with E-state index in [0.29, 0.717) is 25.7 Å². The van der Waals surface area contributed by atoms with Crippen molar-refractivity contribution < 1.29 is 33.9 Å². The minimum atomic E-state index is -1.06. The largest absolute Gasteiger partial charge is 0.481 e. The second-order valence-corrected chi connectivity index (χ2v) is 7.21. The summed E-state index contributed by atoms with van der Waals surface area (Å²) >= 11 is 0. The fraction of sp³-hybridized carbons (Fsp3) is 0.600. The molecule has 3 amide bonds. The van der Waals surface area contributed by atoms with Crippen LogP contribution in [0.2, 0.25) is 0 Å². The molecule has 1 heterocycles. The van der Waals surface area contributed by atoms with Crippen LogP contribution in [-0.2, 0) is 28.8 Å². The highest BCUT2D eigenvalue weighted by Gasteiger charge is 2.23. The average Bonchev–Trinajstić information content (AvgIpc) is 2.97. The zero-order chi connectivity index (χ0) is 22.0. The Morgan fingerprint density at radius 1 is 0.966 bits per heavy atom. The van der Waals surface area contributed by atoms with E-state index in [-0.39, 0.29) is 55.1 Å². The maximum atomic E-state index is 11.9. The number of ketones is 2. The van der Waals surface area contributed by atoms with Crippen LogP contribution >= 0.6 is 0 Å². The van der Waals surface area contributed by atoms with E-state index in [1.54, 1.807) is 0 Å². The Labute approximate surface area is 169 Å². The number of hydrogen-bond donors (Lipinski definition) is 2. The standard InChI is InChI=1S/C20H28N2O7/c1-13(20(28)29)12-16(24)14(2)21-17(25)8-4-3-6-15(23)7-5-11-22-18(26)9-10-19(22)27/h9-10,13-14H,3-8,11-12H2,1-2H3,(H,21,25)(H,28,29)/t13-,14+/m1/s1. The lowest BCUT2D eigenvalue weighted by Crippen LogP contribution is -2.39. The van der Waals surface area contributed by atoms with Crippen LogP contribution in [0.25, 0.3) is 0 Å². The maximum absolute atomic E-state index is 11.9. The van der Waals surface area contributed by atoms with Crippen LogP contribution in [0.4, 0.5) is 0 Å². The fourth-order valence-corrected chi connectivity index (χ4v) is 2.78. The number of Topliss-reactive ketones (excluding diaryl/α,β-unsaturated/α-hetero) is 2. The zero-order valence-corrected chi connectivity index (χ0v) is 16.8. The van der Waals surface area contributed by atoms with E-state index in [9.17, 15) is 28.8 Å². The molecule has 0 aromatic carbocycles. The Balaban J connectivity index is 2.13. The Kier molecular flexibility index (Phi) is 9.91. The van der Waals surface area contributed by atoms with Gasteiger partial charge in [-0.2, -0.15) is 0 Å². The molecule has 160 valence electrons. The summed E-state index contributed by atoms with van der Waals surface area (Å²) in [6.45, 7) is 3.17. The Bertz CT molecular complexity index is 681. The van der Waals surface area contributed by atoms with Gasteiger partial charge < -0.3 is 10.4 Å². The van der Waals surface area contributed by atoms with Crippen molar-refractivity contribution in [3.8, 4) is 0 Å². The first-order chi connectivity index (χ1) is 13.6. The molecular weight excluding hydrogens is 380 g/mol. The molecule has 0 aromatic rings. The molecule has 9 nitrogen and oxygen atoms in total. The monoisotopic (exact) mass is 408 g/mol. The van der Waals surface area contributed by atoms with Crippen molar-refractivity contribution in [2.75, 3.05) is 6.54 Å². The first-order valence-electron chi connectivity index (χ1n) is 9.72. The van der Waals surface area contributed by atoms with Gasteiger partial charge in [-0.25, -0.2) is 0 Å². The van der Waals surface area contributed by atoms with Crippen molar-refractivity contribution in [1.29, 1.82) is 0 Å². The van der Waals surface area contributed by atoms with Crippen LogP contribution in [0.15, 0.2) is 12.2 Å². The summed E-state index contributed by atoms with van der Waals surface area (Å²) in [5, 5.41) is 11.4. The molecule has 0 saturated carbocycles. The van der Waals surface area contributed by atoms with E-state index in [2.05, 4.69) is 5.32 Å². The lowest BCUT2D eigenvalue weighted by atomic mass is 10.0. The molecule has 1 aliphatic heterocycles. The van der Waals surface area contributed by atoms with Crippen LogP contribution in [0.1, 0.15) is 58.8 Å². The topological polar surface area (TPSA) is 138 Å². The number of hydrogen-bond acceptors (Lipinski definition) is 6. The van der Waals surface area contributed by atoms with Gasteiger partial charge in [0.05, 0.1) is 12.0 Å². The Morgan fingerprint density at radius 3 is 2.10 bits per heavy atom. The predicted octanol–water partition coefficient (Wildman–Crippen LogP) is 1.01. The number of carboxylic acids is 1. The van der Waals surface area contributed by atoms with Crippen LogP contribution < -0.4 is 5.32 Å². The van der Waals surface area contributed by atoms with Crippen molar-refractivity contribution in [3.63, 3.8) is 0 Å². The molecule has 0 aliphatic carbocycles. The van der Waals surface area contributed by atoms with Gasteiger partial charge in [0, 0.05) is 44.4 Å². The molecule has 29 heavy (non-hydrogen) atoms. The van der Waals surface area contributed by atoms with E-state index in [1.807, 2.05) is 0 Å². The zero-order valence-electron chi connectivity index (χ0n) is 16.8. The first-order valence-corrected chi connectivity index (χ1v) is 9.72. The molecule has 0 aromatic heterocycles. The van der Waals surface area contributed by atoms with Crippen LogP contribution in [-0.4, -0.2) is 57.9 Å². The van der Waals surface area contributed by atoms with E-state index < -0.39 is 17.9 Å². The Morgan fingerprint density at radius 2 is 1.52 bits per heavy atom. The molecule has 1 aliphatic rings. The smallest absolute Gasteiger partial charge is 0.306 e. The van der Waals surface area contributed by atoms with Gasteiger partial charge in [0.15, 0.2) is 5.78 Å². The number of imide groups is 1. The summed E-state index contributed by atoms with van der Waals surface area (Å²) in [6.07, 6.45) is 4.41. The average molecular weight is 408 g/mol. The highest BCUT2D eigenvalue weighted by molar-refractivity contribution is 6.12. The number of carbonyl (C=O) groups excluding carboxylic acids is 5. The van der Waals surface area contributed by atoms with Crippen molar-refractivity contribution in [2.45, 2.75) is 64.8 Å². The van der Waals surface area contributed by atoms with Crippen LogP contribution in [0, 0.1) is 5.92 Å². The van der Waals surface area contributed by atoms with Gasteiger partial charge in [-0.05, 0) is 26.2 Å². The van der Waals surface area contributed by atoms with Crippen molar-refractivity contribution in [2.24, 2.45) is 5.92 Å². The van der Waals surface area contributed by atoms with Gasteiger partial charge in [0.2, 0.25) is 5.91 Å². The molecule has 0 bridgehead atoms. The highest BCUT2D eigenvalue weighted by atomic mass is 16.4. The van der Waals surface area contributed by atoms with Crippen molar-refractivity contribution in [1.82, 2.24) is 10.2 Å². The normalized spacial score (nSPS) is 15.3. The lowest BCUT2D eigenvalue weighted by Gasteiger charge is -2.14. The molecule has 9 heteroatoms. The fourth-order valence-electron chi connectivity index (χ4n) is 2.78. The molecule has 2 N–H and O–H groups in total. The Hall–Kier alpha value is -2.84. The molecule has 0 saturated heterocycles. The van der Waals surface area contributed by atoms with E-state index in [1.165, 1.54) is 26.0 Å². The second kappa shape index (κ2) is 11.9. The number of unbranched alkanes of at least 4 members (excludes halogenated alkanes) is 1. The number of carbonyl (C=O) groups is 6. The molecule has 0 fully saturated rings. The van der Waals surface area contributed by atoms with Gasteiger partial charge in [-0.3, -0.25) is 33.7 Å². The minimum Gasteiger partial charge on any atom is -0.481 e. The maximum Gasteiger partial charge on any atom is 0.306 e. The number of rotatable bonds is 14. The number of nitrogens with one attached hydrogen (secondary N) is 1. The van der Waals surface area contributed by atoms with Gasteiger partial charge in [-0.1, -0.05) is 6.92 Å². The van der Waals surface area contributed by atoms with Crippen molar-refractivity contribution >= 4 is 35.3 Å². The third kappa shape index (κ3) is 8.80. The van der Waals surface area contributed by atoms with E-state index >= 15 is 0 Å². The molecule has 0 radical (unpaired) electrons. The quantitative estimate of drug-likeness (QED) is 0.323. The van der Waals surface area contributed by atoms with Crippen LogP contribution in [0.5, 0.6) is 0 Å². The lowest BCUT2D eigenvalue weighted by molar-refractivity contribution is -0.143. The summed E-state index contributed by atoms with van der Waals surface area (Å²) < 4.78 is 0. The number of carboxylic acid groups (broad SMARTS) is 1. The predicted molar refractivity (Wildman–Crippen MR) is 103 cm³/mol. The molecule has 0 spiro atoms. The summed E-state index contributed by atoms with van der Waals surface area (Å²) in [5.41, 5.74) is 0. The van der Waals surface area contributed by atoms with Gasteiger partial charge in [0.25, 0.3) is 11.8 Å². The van der Waals surface area contributed by atoms with E-state index in [4.69, 9.17) is 5.11 Å². The van der Waals surface area contributed by atoms with Gasteiger partial charge in [-0.15, -0.1) is 0 Å². The highest BCUT2D eigenvalue weighted by Crippen LogP contribution is 2.09. The minimum absolute atomic E-state index is 0.00339. The van der Waals surface area contributed by atoms with Gasteiger partial charge in [0.1, 0.15) is 5.78 Å². The van der Waals surface area contributed by atoms with Crippen molar-refractivity contribution in [3.05, 3.63) is 12.2 Å². The van der Waals surface area contributed by atoms with E-state index in [0.717, 1.165) is 4.90 Å². The summed E-state index contributed by atoms with van der Waals surface area (Å²) in [4.78, 5) is 70.2. The number of nitrogens with zero attached hydrogens (tertiary/aromatic N) is 1. The van der Waals surface area contributed by atoms with Gasteiger partial charge >= 0.3 is 5.97 Å². The number of amides is 3. The third-order valence-electron chi connectivity index (χ3n) is 4.64. The summed E-state index contributed by atoms with van der Waals surface area (Å²) in [6, 6.07) is -0.753. The molecule has 0 unspecified atom stereocenters. The third-order valence-corrected chi connectivity index (χ3v) is 4.64. The SMILES string of the molecule is C[C@H](CC(=O)[C@H](C)NC(=O)CCCCC(=O)CCCN1C(=O)C=CC1=O)C(=O)O. The molecule has 1 rings (SSSR count). The summed E-state index contributed by atoms with van der Waals surface area (Å²) in [5.74, 6) is -3.24. The van der Waals surface area contributed by atoms with Crippen LogP contribution in [0.3, 0.4) is 0 Å². The molecule has 2 atom stereocenters.